The van der Waals surface area contributed by atoms with Gasteiger partial charge in [0.1, 0.15) is 5.75 Å². The predicted octanol–water partition coefficient (Wildman–Crippen LogP) is 3.30. The molecule has 1 atom stereocenters. The number of nitrogens with two attached hydrogens (primary N) is 1. The van der Waals surface area contributed by atoms with Gasteiger partial charge in [-0.3, -0.25) is 5.84 Å². The van der Waals surface area contributed by atoms with Crippen molar-refractivity contribution in [3.63, 3.8) is 0 Å². The Morgan fingerprint density at radius 2 is 2.06 bits per heavy atom. The van der Waals surface area contributed by atoms with E-state index in [1.54, 1.807) is 11.3 Å². The molecule has 0 amide bonds. The molecule has 0 radical (unpaired) electrons. The van der Waals surface area contributed by atoms with Crippen LogP contribution in [0.2, 0.25) is 0 Å². The first-order valence-electron chi connectivity index (χ1n) is 5.67. The zero-order valence-corrected chi connectivity index (χ0v) is 13.0. The Morgan fingerprint density at radius 1 is 1.33 bits per heavy atom. The quantitative estimate of drug-likeness (QED) is 0.480. The first-order chi connectivity index (χ1) is 8.74. The fourth-order valence-electron chi connectivity index (χ4n) is 1.78. The molecule has 0 spiro atoms. The summed E-state index contributed by atoms with van der Waals surface area (Å²) in [5.74, 6) is 6.55. The summed E-state index contributed by atoms with van der Waals surface area (Å²) in [5.41, 5.74) is 5.19. The van der Waals surface area contributed by atoms with Crippen LogP contribution in [0.5, 0.6) is 5.75 Å². The molecule has 5 heteroatoms. The summed E-state index contributed by atoms with van der Waals surface area (Å²) < 4.78 is 6.69. The fourth-order valence-corrected chi connectivity index (χ4v) is 3.18. The van der Waals surface area contributed by atoms with Gasteiger partial charge in [0.2, 0.25) is 0 Å². The second-order valence-electron chi connectivity index (χ2n) is 3.79. The van der Waals surface area contributed by atoms with Crippen molar-refractivity contribution in [1.29, 1.82) is 0 Å². The van der Waals surface area contributed by atoms with E-state index < -0.39 is 0 Å². The molecule has 1 aromatic heterocycles. The summed E-state index contributed by atoms with van der Waals surface area (Å²) in [7, 11) is 0. The molecule has 2 rings (SSSR count). The summed E-state index contributed by atoms with van der Waals surface area (Å²) >= 11 is 4.04. The maximum Gasteiger partial charge on any atom is 0.119 e. The van der Waals surface area contributed by atoms with Crippen molar-refractivity contribution in [2.75, 3.05) is 6.61 Å². The van der Waals surface area contributed by atoms with Crippen LogP contribution in [0.15, 0.2) is 35.7 Å². The average molecular weight is 374 g/mol. The highest BCUT2D eigenvalue weighted by molar-refractivity contribution is 14.1. The standard InChI is InChI=1S/C13H15IN2OS/c1-2-17-11-5-3-9(4-6-11)13(16-15)10-7-12(14)18-8-10/h3-8,13,16H,2,15H2,1H3. The van der Waals surface area contributed by atoms with Crippen LogP contribution < -0.4 is 16.0 Å². The highest BCUT2D eigenvalue weighted by Crippen LogP contribution is 2.27. The number of ether oxygens (including phenoxy) is 1. The van der Waals surface area contributed by atoms with Gasteiger partial charge in [0.15, 0.2) is 0 Å². The minimum atomic E-state index is 0.0282. The summed E-state index contributed by atoms with van der Waals surface area (Å²) in [4.78, 5) is 0. The second kappa shape index (κ2) is 6.51. The van der Waals surface area contributed by atoms with Gasteiger partial charge < -0.3 is 4.74 Å². The van der Waals surface area contributed by atoms with Gasteiger partial charge in [0.05, 0.1) is 15.5 Å². The number of halogens is 1. The molecular weight excluding hydrogens is 359 g/mol. The largest absolute Gasteiger partial charge is 0.494 e. The Balaban J connectivity index is 2.22. The van der Waals surface area contributed by atoms with Crippen molar-refractivity contribution in [1.82, 2.24) is 5.43 Å². The van der Waals surface area contributed by atoms with Crippen LogP contribution in [-0.4, -0.2) is 6.61 Å². The number of rotatable bonds is 5. The maximum atomic E-state index is 5.66. The molecule has 0 aliphatic rings. The third kappa shape index (κ3) is 3.23. The molecule has 18 heavy (non-hydrogen) atoms. The zero-order valence-electron chi connectivity index (χ0n) is 10.0. The van der Waals surface area contributed by atoms with E-state index >= 15 is 0 Å². The molecule has 1 aromatic carbocycles. The average Bonchev–Trinajstić information content (AvgIpc) is 2.79. The van der Waals surface area contributed by atoms with Crippen LogP contribution >= 0.6 is 33.9 Å². The number of benzene rings is 1. The molecular formula is C13H15IN2OS. The van der Waals surface area contributed by atoms with E-state index in [4.69, 9.17) is 10.6 Å². The van der Waals surface area contributed by atoms with Gasteiger partial charge >= 0.3 is 0 Å². The van der Waals surface area contributed by atoms with Crippen LogP contribution in [0.25, 0.3) is 0 Å². The Labute approximate surface area is 124 Å². The van der Waals surface area contributed by atoms with Crippen molar-refractivity contribution in [2.24, 2.45) is 5.84 Å². The lowest BCUT2D eigenvalue weighted by Crippen LogP contribution is -2.28. The van der Waals surface area contributed by atoms with Gasteiger partial charge in [-0.25, -0.2) is 5.43 Å². The smallest absolute Gasteiger partial charge is 0.119 e. The summed E-state index contributed by atoms with van der Waals surface area (Å²) in [6.45, 7) is 2.66. The van der Waals surface area contributed by atoms with E-state index in [2.05, 4.69) is 39.5 Å². The van der Waals surface area contributed by atoms with E-state index in [1.165, 1.54) is 8.45 Å². The third-order valence-electron chi connectivity index (χ3n) is 2.61. The molecule has 3 nitrogen and oxygen atoms in total. The van der Waals surface area contributed by atoms with Gasteiger partial charge in [-0.05, 0) is 64.2 Å². The summed E-state index contributed by atoms with van der Waals surface area (Å²) in [5, 5.41) is 2.13. The van der Waals surface area contributed by atoms with Crippen molar-refractivity contribution in [3.8, 4) is 5.75 Å². The van der Waals surface area contributed by atoms with Crippen molar-refractivity contribution in [2.45, 2.75) is 13.0 Å². The van der Waals surface area contributed by atoms with Crippen molar-refractivity contribution in [3.05, 3.63) is 49.7 Å². The Morgan fingerprint density at radius 3 is 2.56 bits per heavy atom. The number of thiophene rings is 1. The highest BCUT2D eigenvalue weighted by atomic mass is 127. The molecule has 0 saturated carbocycles. The lowest BCUT2D eigenvalue weighted by atomic mass is 10.0. The van der Waals surface area contributed by atoms with Gasteiger partial charge in [-0.15, -0.1) is 11.3 Å². The lowest BCUT2D eigenvalue weighted by molar-refractivity contribution is 0.340. The molecule has 2 aromatic rings. The molecule has 3 N–H and O–H groups in total. The van der Waals surface area contributed by atoms with Crippen molar-refractivity contribution < 1.29 is 4.74 Å². The second-order valence-corrected chi connectivity index (χ2v) is 6.59. The third-order valence-corrected chi connectivity index (χ3v) is 4.42. The fraction of sp³-hybridized carbons (Fsp3) is 0.231. The van der Waals surface area contributed by atoms with E-state index in [1.807, 2.05) is 31.2 Å². The van der Waals surface area contributed by atoms with E-state index in [-0.39, 0.29) is 6.04 Å². The first-order valence-corrected chi connectivity index (χ1v) is 7.63. The molecule has 1 heterocycles. The topological polar surface area (TPSA) is 47.3 Å². The van der Waals surface area contributed by atoms with Crippen LogP contribution in [0, 0.1) is 2.88 Å². The zero-order chi connectivity index (χ0) is 13.0. The normalized spacial score (nSPS) is 12.4. The van der Waals surface area contributed by atoms with Crippen molar-refractivity contribution >= 4 is 33.9 Å². The first kappa shape index (κ1) is 13.8. The molecule has 0 bridgehead atoms. The molecule has 0 aliphatic carbocycles. The molecule has 1 unspecified atom stereocenters. The Bertz CT molecular complexity index is 498. The molecule has 96 valence electrons. The van der Waals surface area contributed by atoms with Crippen LogP contribution in [-0.2, 0) is 0 Å². The minimum absolute atomic E-state index is 0.0282. The monoisotopic (exact) mass is 374 g/mol. The van der Waals surface area contributed by atoms with Gasteiger partial charge in [0.25, 0.3) is 0 Å². The van der Waals surface area contributed by atoms with Crippen LogP contribution in [0.4, 0.5) is 0 Å². The number of hydrogen-bond donors (Lipinski definition) is 2. The van der Waals surface area contributed by atoms with Crippen LogP contribution in [0.1, 0.15) is 24.1 Å². The highest BCUT2D eigenvalue weighted by Gasteiger charge is 2.13. The van der Waals surface area contributed by atoms with E-state index in [9.17, 15) is 0 Å². The van der Waals surface area contributed by atoms with Gasteiger partial charge in [-0.2, -0.15) is 0 Å². The molecule has 0 aliphatic heterocycles. The summed E-state index contributed by atoms with van der Waals surface area (Å²) in [6.07, 6.45) is 0. The maximum absolute atomic E-state index is 5.66. The van der Waals surface area contributed by atoms with Gasteiger partial charge in [-0.1, -0.05) is 12.1 Å². The SMILES string of the molecule is CCOc1ccc(C(NN)c2csc(I)c2)cc1. The number of nitrogens with one attached hydrogen (secondary N) is 1. The number of hydrazine groups is 1. The Kier molecular flexibility index (Phi) is 4.99. The predicted molar refractivity (Wildman–Crippen MR) is 83.8 cm³/mol. The molecule has 0 fully saturated rings. The minimum Gasteiger partial charge on any atom is -0.494 e. The van der Waals surface area contributed by atoms with E-state index in [0.29, 0.717) is 6.61 Å². The van der Waals surface area contributed by atoms with E-state index in [0.717, 1.165) is 11.3 Å². The van der Waals surface area contributed by atoms with Gasteiger partial charge in [0, 0.05) is 0 Å². The number of hydrogen-bond acceptors (Lipinski definition) is 4. The lowest BCUT2D eigenvalue weighted by Gasteiger charge is -2.15. The molecule has 0 saturated heterocycles. The Hall–Kier alpha value is -0.630. The summed E-state index contributed by atoms with van der Waals surface area (Å²) in [6, 6.07) is 10.2. The van der Waals surface area contributed by atoms with Crippen LogP contribution in [0.3, 0.4) is 0 Å².